The quantitative estimate of drug-likeness (QED) is 0.0336. The molecule has 0 bridgehead atoms. The van der Waals surface area contributed by atoms with E-state index in [4.69, 9.17) is 28.4 Å². The Morgan fingerprint density at radius 2 is 0.705 bits per heavy atom. The molecule has 9 amide bonds. The lowest BCUT2D eigenvalue weighted by atomic mass is 9.82. The molecule has 33 nitrogen and oxygen atoms in total. The van der Waals surface area contributed by atoms with Crippen molar-refractivity contribution in [2.45, 2.75) is 282 Å². The van der Waals surface area contributed by atoms with Gasteiger partial charge >= 0.3 is 0 Å². The van der Waals surface area contributed by atoms with Crippen LogP contribution < -0.4 is 47.9 Å². The van der Waals surface area contributed by atoms with E-state index in [2.05, 4.69) is 68.6 Å². The maximum Gasteiger partial charge on any atom is 0.223 e. The van der Waals surface area contributed by atoms with Gasteiger partial charge in [0.05, 0.1) is 32.0 Å². The molecule has 3 aliphatic heterocycles. The first-order chi connectivity index (χ1) is 50.2. The summed E-state index contributed by atoms with van der Waals surface area (Å²) in [5, 5.41) is 116. The van der Waals surface area contributed by atoms with Gasteiger partial charge in [-0.05, 0) is 95.3 Å². The van der Waals surface area contributed by atoms with Gasteiger partial charge in [0.25, 0.3) is 0 Å². The highest BCUT2D eigenvalue weighted by Gasteiger charge is 2.46. The lowest BCUT2D eigenvalue weighted by Crippen LogP contribution is -2.64. The van der Waals surface area contributed by atoms with Crippen LogP contribution in [0.5, 0.6) is 0 Å². The molecule has 0 aliphatic carbocycles. The SMILES string of the molecule is CC(C)C.CCCNC(=O)CCCC(=O)NCCCCC(C(=O)NCCCNC(=O)CCCCCO[C@@H]1OC(CO)[C@H](O)[C@H](O)C1C)C(CC(=O)NCCCNC(=O)CCCCCO[C@@H]1OC(CO)[C@H](O)[C@H](O)C1C)CC(=O)NCCCNC(=O)CCCCCO[C@@H]1OC(CO)[C@H](O)[C@H](O)C1NC(C)=O. The first-order valence-electron chi connectivity index (χ1n) is 38.3. The molecular weight excluding hydrogens is 1370 g/mol. The Kier molecular flexibility index (Phi) is 51.8. The Hall–Kier alpha value is -5.37. The van der Waals surface area contributed by atoms with Crippen molar-refractivity contribution >= 4 is 53.2 Å². The highest BCUT2D eigenvalue weighted by Crippen LogP contribution is 2.30. The normalized spacial score (nSPS) is 24.9. The zero-order chi connectivity index (χ0) is 78.1. The van der Waals surface area contributed by atoms with Gasteiger partial charge in [0, 0.05) is 142 Å². The zero-order valence-electron chi connectivity index (χ0n) is 63.4. The molecule has 33 heteroatoms. The molecule has 18 N–H and O–H groups in total. The van der Waals surface area contributed by atoms with Crippen LogP contribution in [0.2, 0.25) is 0 Å². The highest BCUT2D eigenvalue weighted by molar-refractivity contribution is 5.84. The van der Waals surface area contributed by atoms with Gasteiger partial charge in [-0.15, -0.1) is 0 Å². The second-order valence-electron chi connectivity index (χ2n) is 28.3. The van der Waals surface area contributed by atoms with E-state index in [0.29, 0.717) is 103 Å². The fraction of sp³-hybridized carbons (Fsp3) is 0.875. The topological polar surface area (TPSA) is 499 Å². The number of aliphatic hydroxyl groups excluding tert-OH is 9. The molecule has 3 aliphatic rings. The first kappa shape index (κ1) is 95.7. The standard InChI is InChI=1S/C68H123N9O24.C4H10/c1-5-27-69-54(85)25-17-26-55(86)70-28-13-12-21-47(65(95)76-34-20-31-73-53(84)23-10-7-15-36-97-67-44(3)60(90)62(92)49(41-79)100-67)46(38-56(87)74-32-18-29-71-51(82)22-9-6-14-35-96-66-43(2)59(89)61(91)48(40-78)99-66)39-57(88)75-33-19-30-72-52(83)24-11-8-16-37-98-68-58(77-45(4)81)64(94)63(93)50(42-80)101-68;1-4(2)3/h43-44,46-50,58-64,66-68,78-80,89-94H,5-42H2,1-4H3,(H,69,85)(H,70,86)(H,71,82)(H,72,83)(H,73,84)(H,74,87)(H,75,88)(H,76,95)(H,77,81);4H,1-3H3/t43?,44?,46?,47?,48?,49?,50?,58?,59-,60-,61+,62+,63+,64-,66-,67-,68-;/m1./s1. The predicted octanol–water partition coefficient (Wildman–Crippen LogP) is -0.663. The zero-order valence-corrected chi connectivity index (χ0v) is 63.4. The summed E-state index contributed by atoms with van der Waals surface area (Å²) in [7, 11) is 0. The van der Waals surface area contributed by atoms with E-state index >= 15 is 0 Å². The summed E-state index contributed by atoms with van der Waals surface area (Å²) in [6.07, 6.45) is -4.30. The third-order valence-corrected chi connectivity index (χ3v) is 18.0. The number of hydrogen-bond acceptors (Lipinski definition) is 24. The van der Waals surface area contributed by atoms with Gasteiger partial charge in [0.1, 0.15) is 48.8 Å². The number of carbonyl (C=O) groups is 9. The van der Waals surface area contributed by atoms with Crippen molar-refractivity contribution in [3.05, 3.63) is 0 Å². The van der Waals surface area contributed by atoms with Crippen molar-refractivity contribution in [2.75, 3.05) is 92.0 Å². The minimum atomic E-state index is -1.44. The Bertz CT molecular complexity index is 2440. The van der Waals surface area contributed by atoms with E-state index in [9.17, 15) is 89.1 Å². The maximum absolute atomic E-state index is 14.3. The van der Waals surface area contributed by atoms with Crippen LogP contribution in [0, 0.1) is 29.6 Å². The number of nitrogens with one attached hydrogen (secondary N) is 9. The van der Waals surface area contributed by atoms with Crippen molar-refractivity contribution in [3.63, 3.8) is 0 Å². The Morgan fingerprint density at radius 1 is 0.381 bits per heavy atom. The summed E-state index contributed by atoms with van der Waals surface area (Å²) in [6, 6.07) is -1.07. The largest absolute Gasteiger partial charge is 0.394 e. The van der Waals surface area contributed by atoms with E-state index in [1.807, 2.05) is 6.92 Å². The monoisotopic (exact) mass is 1510 g/mol. The molecule has 3 fully saturated rings. The minimum absolute atomic E-state index is 0.130. The van der Waals surface area contributed by atoms with Gasteiger partial charge in [0.15, 0.2) is 18.9 Å². The molecule has 17 atom stereocenters. The summed E-state index contributed by atoms with van der Waals surface area (Å²) in [6.45, 7) is 14.2. The number of ether oxygens (including phenoxy) is 6. The molecule has 3 heterocycles. The summed E-state index contributed by atoms with van der Waals surface area (Å²) < 4.78 is 34.1. The number of amides is 9. The van der Waals surface area contributed by atoms with Gasteiger partial charge in [-0.3, -0.25) is 43.2 Å². The summed E-state index contributed by atoms with van der Waals surface area (Å²) in [5.41, 5.74) is 0. The molecule has 3 saturated heterocycles. The lowest BCUT2D eigenvalue weighted by molar-refractivity contribution is -0.282. The third-order valence-electron chi connectivity index (χ3n) is 18.0. The van der Waals surface area contributed by atoms with Crippen molar-refractivity contribution in [1.29, 1.82) is 0 Å². The molecular formula is C72H133N9O24. The van der Waals surface area contributed by atoms with Crippen LogP contribution in [0.1, 0.15) is 203 Å². The molecule has 0 aromatic heterocycles. The highest BCUT2D eigenvalue weighted by atomic mass is 16.7. The molecule has 0 radical (unpaired) electrons. The number of hydrogen-bond donors (Lipinski definition) is 18. The van der Waals surface area contributed by atoms with E-state index in [1.54, 1.807) is 13.8 Å². The molecule has 0 spiro atoms. The van der Waals surface area contributed by atoms with Gasteiger partial charge in [-0.25, -0.2) is 0 Å². The average molecular weight is 1510 g/mol. The van der Waals surface area contributed by atoms with E-state index in [1.165, 1.54) is 6.92 Å². The number of rotatable bonds is 54. The second-order valence-corrected chi connectivity index (χ2v) is 28.3. The van der Waals surface area contributed by atoms with Gasteiger partial charge < -0.3 is 122 Å². The second kappa shape index (κ2) is 56.8. The molecule has 0 aromatic rings. The Balaban J connectivity index is 0.00000911. The third kappa shape index (κ3) is 41.1. The van der Waals surface area contributed by atoms with E-state index in [-0.39, 0.29) is 147 Å². The molecule has 610 valence electrons. The minimum Gasteiger partial charge on any atom is -0.394 e. The van der Waals surface area contributed by atoms with Crippen molar-refractivity contribution in [2.24, 2.45) is 29.6 Å². The van der Waals surface area contributed by atoms with Crippen LogP contribution in [0.3, 0.4) is 0 Å². The molecule has 8 unspecified atom stereocenters. The number of aliphatic hydroxyl groups is 9. The van der Waals surface area contributed by atoms with Crippen molar-refractivity contribution in [3.8, 4) is 0 Å². The maximum atomic E-state index is 14.3. The fourth-order valence-electron chi connectivity index (χ4n) is 11.9. The Morgan fingerprint density at radius 3 is 1.08 bits per heavy atom. The number of carbonyl (C=O) groups excluding carboxylic acids is 9. The summed E-state index contributed by atoms with van der Waals surface area (Å²) in [4.78, 5) is 117. The van der Waals surface area contributed by atoms with Crippen LogP contribution in [0.15, 0.2) is 0 Å². The van der Waals surface area contributed by atoms with Gasteiger partial charge in [-0.1, -0.05) is 67.2 Å². The summed E-state index contributed by atoms with van der Waals surface area (Å²) in [5.74, 6) is -4.63. The molecule has 105 heavy (non-hydrogen) atoms. The molecule has 0 saturated carbocycles. The molecule has 0 aromatic carbocycles. The predicted molar refractivity (Wildman–Crippen MR) is 385 cm³/mol. The van der Waals surface area contributed by atoms with Crippen molar-refractivity contribution < 1.29 is 118 Å². The van der Waals surface area contributed by atoms with Crippen LogP contribution >= 0.6 is 0 Å². The van der Waals surface area contributed by atoms with Crippen LogP contribution in [-0.4, -0.2) is 271 Å². The number of unbranched alkanes of at least 4 members (excludes halogenated alkanes) is 7. The van der Waals surface area contributed by atoms with Crippen LogP contribution in [0.4, 0.5) is 0 Å². The van der Waals surface area contributed by atoms with E-state index < -0.39 is 147 Å². The van der Waals surface area contributed by atoms with Gasteiger partial charge in [0.2, 0.25) is 53.2 Å². The first-order valence-corrected chi connectivity index (χ1v) is 38.3. The van der Waals surface area contributed by atoms with E-state index in [0.717, 1.165) is 12.3 Å². The average Bonchev–Trinajstić information content (AvgIpc) is 0.824. The Labute approximate surface area is 620 Å². The van der Waals surface area contributed by atoms with Crippen molar-refractivity contribution in [1.82, 2.24) is 47.9 Å². The fourth-order valence-corrected chi connectivity index (χ4v) is 11.9. The van der Waals surface area contributed by atoms with Crippen LogP contribution in [0.25, 0.3) is 0 Å². The van der Waals surface area contributed by atoms with Crippen LogP contribution in [-0.2, 0) is 71.6 Å². The van der Waals surface area contributed by atoms with Gasteiger partial charge in [-0.2, -0.15) is 0 Å². The smallest absolute Gasteiger partial charge is 0.223 e. The lowest BCUT2D eigenvalue weighted by Gasteiger charge is -2.42. The molecule has 3 rings (SSSR count). The summed E-state index contributed by atoms with van der Waals surface area (Å²) >= 11 is 0.